The van der Waals surface area contributed by atoms with Crippen molar-refractivity contribution in [1.82, 2.24) is 5.32 Å². The third kappa shape index (κ3) is 3.96. The van der Waals surface area contributed by atoms with Crippen LogP contribution < -0.4 is 15.4 Å². The molecule has 1 saturated heterocycles. The van der Waals surface area contributed by atoms with Gasteiger partial charge in [0, 0.05) is 5.92 Å². The van der Waals surface area contributed by atoms with Crippen LogP contribution in [0.5, 0.6) is 5.75 Å². The summed E-state index contributed by atoms with van der Waals surface area (Å²) in [5.74, 6) is 0.933. The number of nitrogens with one attached hydrogen (secondary N) is 2. The molecule has 0 spiro atoms. The van der Waals surface area contributed by atoms with Crippen molar-refractivity contribution in [3.63, 3.8) is 0 Å². The van der Waals surface area contributed by atoms with E-state index in [1.165, 1.54) is 11.3 Å². The van der Waals surface area contributed by atoms with E-state index in [9.17, 15) is 4.79 Å². The number of anilines is 1. The smallest absolute Gasteiger partial charge is 0.320 e. The number of carbonyl (C=O) groups excluding carboxylic acids is 1. The number of hydrogen-bond acceptors (Lipinski definition) is 4. The molecule has 23 heavy (non-hydrogen) atoms. The van der Waals surface area contributed by atoms with Gasteiger partial charge < -0.3 is 14.8 Å². The van der Waals surface area contributed by atoms with Gasteiger partial charge in [-0.05, 0) is 29.8 Å². The molecule has 0 saturated carbocycles. The maximum atomic E-state index is 12.1. The first-order valence-electron chi connectivity index (χ1n) is 7.20. The van der Waals surface area contributed by atoms with Crippen molar-refractivity contribution in [3.8, 4) is 5.75 Å². The van der Waals surface area contributed by atoms with Gasteiger partial charge in [0.1, 0.15) is 5.75 Å². The summed E-state index contributed by atoms with van der Waals surface area (Å²) in [6.45, 7) is 1.08. The summed E-state index contributed by atoms with van der Waals surface area (Å²) in [5.41, 5.74) is 1.12. The van der Waals surface area contributed by atoms with Crippen LogP contribution in [0, 0.1) is 0 Å². The summed E-state index contributed by atoms with van der Waals surface area (Å²) in [6.07, 6.45) is 0. The van der Waals surface area contributed by atoms with E-state index in [4.69, 9.17) is 21.1 Å². The van der Waals surface area contributed by atoms with Gasteiger partial charge in [0.25, 0.3) is 0 Å². The number of urea groups is 1. The van der Waals surface area contributed by atoms with E-state index in [0.29, 0.717) is 22.6 Å². The van der Waals surface area contributed by atoms with Crippen LogP contribution in [-0.2, 0) is 4.74 Å². The minimum absolute atomic E-state index is 0.0705. The highest BCUT2D eigenvalue weighted by Crippen LogP contribution is 2.28. The Balaban J connectivity index is 1.62. The Kier molecular flexibility index (Phi) is 5.05. The highest BCUT2D eigenvalue weighted by molar-refractivity contribution is 7.20. The highest BCUT2D eigenvalue weighted by Gasteiger charge is 2.31. The molecule has 7 heteroatoms. The number of thiophene rings is 1. The summed E-state index contributed by atoms with van der Waals surface area (Å²) < 4.78 is 11.4. The number of benzene rings is 1. The van der Waals surface area contributed by atoms with Crippen LogP contribution >= 0.6 is 22.9 Å². The summed E-state index contributed by atoms with van der Waals surface area (Å²) in [6, 6.07) is 11.0. The monoisotopic (exact) mass is 352 g/mol. The number of halogens is 1. The van der Waals surface area contributed by atoms with Crippen LogP contribution in [0.25, 0.3) is 0 Å². The topological polar surface area (TPSA) is 59.6 Å². The number of rotatable bonds is 4. The molecular formula is C16H17ClN2O3S. The van der Waals surface area contributed by atoms with E-state index in [1.807, 2.05) is 24.3 Å². The second-order valence-corrected chi connectivity index (χ2v) is 6.94. The predicted molar refractivity (Wildman–Crippen MR) is 91.8 cm³/mol. The molecule has 122 valence electrons. The van der Waals surface area contributed by atoms with Gasteiger partial charge in [-0.1, -0.05) is 23.7 Å². The lowest BCUT2D eigenvalue weighted by Crippen LogP contribution is -2.41. The average Bonchev–Trinajstić information content (AvgIpc) is 3.16. The van der Waals surface area contributed by atoms with E-state index in [-0.39, 0.29) is 18.0 Å². The molecule has 2 aromatic rings. The Morgan fingerprint density at radius 3 is 2.70 bits per heavy atom. The Morgan fingerprint density at radius 1 is 1.26 bits per heavy atom. The highest BCUT2D eigenvalue weighted by atomic mass is 35.5. The standard InChI is InChI=1S/C16H17ClN2O3S/c1-21-11-4-2-10(3-5-11)12-8-22-9-13(12)18-16(20)19-15-7-6-14(17)23-15/h2-7,12-13H,8-9H2,1H3,(H2,18,19,20). The zero-order valence-electron chi connectivity index (χ0n) is 12.5. The Hall–Kier alpha value is -1.76. The van der Waals surface area contributed by atoms with Crippen LogP contribution in [0.4, 0.5) is 9.80 Å². The van der Waals surface area contributed by atoms with Crippen LogP contribution in [0.2, 0.25) is 4.34 Å². The molecule has 0 bridgehead atoms. The van der Waals surface area contributed by atoms with Gasteiger partial charge >= 0.3 is 6.03 Å². The van der Waals surface area contributed by atoms with Crippen molar-refractivity contribution < 1.29 is 14.3 Å². The first-order valence-corrected chi connectivity index (χ1v) is 8.39. The fourth-order valence-corrected chi connectivity index (χ4v) is 3.51. The molecule has 1 fully saturated rings. The van der Waals surface area contributed by atoms with Gasteiger partial charge in [0.15, 0.2) is 0 Å². The fourth-order valence-electron chi connectivity index (χ4n) is 2.57. The van der Waals surface area contributed by atoms with Gasteiger partial charge in [-0.15, -0.1) is 11.3 Å². The zero-order chi connectivity index (χ0) is 16.2. The van der Waals surface area contributed by atoms with Crippen LogP contribution in [0.1, 0.15) is 11.5 Å². The summed E-state index contributed by atoms with van der Waals surface area (Å²) in [5, 5.41) is 6.47. The van der Waals surface area contributed by atoms with Gasteiger partial charge in [-0.2, -0.15) is 0 Å². The quantitative estimate of drug-likeness (QED) is 0.881. The molecule has 1 aromatic carbocycles. The summed E-state index contributed by atoms with van der Waals surface area (Å²) in [4.78, 5) is 12.1. The second kappa shape index (κ2) is 7.21. The van der Waals surface area contributed by atoms with Crippen LogP contribution in [0.15, 0.2) is 36.4 Å². The van der Waals surface area contributed by atoms with E-state index < -0.39 is 0 Å². The SMILES string of the molecule is COc1ccc(C2COCC2NC(=O)Nc2ccc(Cl)s2)cc1. The molecule has 0 aliphatic carbocycles. The van der Waals surface area contributed by atoms with Crippen molar-refractivity contribution in [2.45, 2.75) is 12.0 Å². The van der Waals surface area contributed by atoms with E-state index in [0.717, 1.165) is 11.3 Å². The lowest BCUT2D eigenvalue weighted by Gasteiger charge is -2.19. The van der Waals surface area contributed by atoms with Crippen molar-refractivity contribution in [2.75, 3.05) is 25.6 Å². The largest absolute Gasteiger partial charge is 0.497 e. The van der Waals surface area contributed by atoms with Crippen molar-refractivity contribution in [3.05, 3.63) is 46.3 Å². The predicted octanol–water partition coefficient (Wildman–Crippen LogP) is 3.71. The number of ether oxygens (including phenoxy) is 2. The van der Waals surface area contributed by atoms with Gasteiger partial charge in [-0.25, -0.2) is 4.79 Å². The van der Waals surface area contributed by atoms with E-state index in [2.05, 4.69) is 10.6 Å². The molecule has 2 unspecified atom stereocenters. The van der Waals surface area contributed by atoms with Gasteiger partial charge in [0.05, 0.1) is 35.7 Å². The summed E-state index contributed by atoms with van der Waals surface area (Å²) in [7, 11) is 1.64. The molecule has 5 nitrogen and oxygen atoms in total. The lowest BCUT2D eigenvalue weighted by molar-refractivity contribution is 0.187. The first kappa shape index (κ1) is 16.1. The van der Waals surface area contributed by atoms with Crippen LogP contribution in [0.3, 0.4) is 0 Å². The third-order valence-electron chi connectivity index (χ3n) is 3.75. The molecular weight excluding hydrogens is 336 g/mol. The van der Waals surface area contributed by atoms with E-state index >= 15 is 0 Å². The molecule has 1 aromatic heterocycles. The summed E-state index contributed by atoms with van der Waals surface area (Å²) >= 11 is 7.18. The van der Waals surface area contributed by atoms with Gasteiger partial charge in [0.2, 0.25) is 0 Å². The number of hydrogen-bond donors (Lipinski definition) is 2. The molecule has 3 rings (SSSR count). The number of amides is 2. The van der Waals surface area contributed by atoms with Crippen molar-refractivity contribution in [1.29, 1.82) is 0 Å². The molecule has 1 aliphatic heterocycles. The molecule has 2 heterocycles. The van der Waals surface area contributed by atoms with Gasteiger partial charge in [-0.3, -0.25) is 5.32 Å². The molecule has 1 aliphatic rings. The van der Waals surface area contributed by atoms with E-state index in [1.54, 1.807) is 19.2 Å². The molecule has 0 radical (unpaired) electrons. The molecule has 2 N–H and O–H groups in total. The van der Waals surface area contributed by atoms with Crippen molar-refractivity contribution in [2.24, 2.45) is 0 Å². The number of methoxy groups -OCH3 is 1. The Labute approximate surface area is 143 Å². The van der Waals surface area contributed by atoms with Crippen molar-refractivity contribution >= 4 is 34.0 Å². The van der Waals surface area contributed by atoms with Crippen LogP contribution in [-0.4, -0.2) is 32.4 Å². The molecule has 2 atom stereocenters. The second-order valence-electron chi connectivity index (χ2n) is 5.23. The normalized spacial score (nSPS) is 20.3. The first-order chi connectivity index (χ1) is 11.2. The average molecular weight is 353 g/mol. The lowest BCUT2D eigenvalue weighted by atomic mass is 9.94. The number of carbonyl (C=O) groups is 1. The fraction of sp³-hybridized carbons (Fsp3) is 0.312. The minimum Gasteiger partial charge on any atom is -0.497 e. The third-order valence-corrected chi connectivity index (χ3v) is 4.90. The maximum absolute atomic E-state index is 12.1. The Bertz CT molecular complexity index is 674. The molecule has 2 amide bonds. The maximum Gasteiger partial charge on any atom is 0.320 e. The Morgan fingerprint density at radius 2 is 2.04 bits per heavy atom. The minimum atomic E-state index is -0.252. The zero-order valence-corrected chi connectivity index (χ0v) is 14.1.